The Morgan fingerprint density at radius 2 is 2.08 bits per heavy atom. The molecule has 2 heterocycles. The van der Waals surface area contributed by atoms with Crippen molar-refractivity contribution in [2.24, 2.45) is 0 Å². The van der Waals surface area contributed by atoms with Crippen molar-refractivity contribution in [3.63, 3.8) is 0 Å². The second-order valence-corrected chi connectivity index (χ2v) is 8.26. The number of ketones is 1. The zero-order valence-corrected chi connectivity index (χ0v) is 15.5. The van der Waals surface area contributed by atoms with Gasteiger partial charge >= 0.3 is 0 Å². The molecule has 0 aromatic heterocycles. The molecule has 2 aromatic carbocycles. The minimum atomic E-state index is -0.740. The lowest BCUT2D eigenvalue weighted by Crippen LogP contribution is -2.42. The van der Waals surface area contributed by atoms with E-state index in [1.165, 1.54) is 4.91 Å². The first-order valence-corrected chi connectivity index (χ1v) is 9.42. The SMILES string of the molecule is Cc1cc(C(=O)C2(C)NC3=C(CCNc4ccccc43)S2)ccc1C#N. The number of hydrogen-bond acceptors (Lipinski definition) is 5. The van der Waals surface area contributed by atoms with E-state index in [-0.39, 0.29) is 5.78 Å². The first-order valence-electron chi connectivity index (χ1n) is 8.61. The predicted octanol–water partition coefficient (Wildman–Crippen LogP) is 4.29. The molecular formula is C21H19N3OS. The number of anilines is 1. The van der Waals surface area contributed by atoms with Gasteiger partial charge in [0.25, 0.3) is 0 Å². The number of rotatable bonds is 2. The van der Waals surface area contributed by atoms with Crippen molar-refractivity contribution in [1.82, 2.24) is 5.32 Å². The monoisotopic (exact) mass is 361 g/mol. The normalized spacial score (nSPS) is 21.0. The highest BCUT2D eigenvalue weighted by atomic mass is 32.2. The summed E-state index contributed by atoms with van der Waals surface area (Å²) in [6.07, 6.45) is 0.886. The molecule has 0 fully saturated rings. The Labute approximate surface area is 157 Å². The summed E-state index contributed by atoms with van der Waals surface area (Å²) in [5.41, 5.74) is 5.32. The Morgan fingerprint density at radius 3 is 2.85 bits per heavy atom. The standard InChI is InChI=1S/C21H19N3OS/c1-13-11-14(7-8-15(13)12-22)20(25)21(2)24-19-16-5-3-4-6-17(16)23-10-9-18(19)26-21/h3-8,11,23-24H,9-10H2,1-2H3. The van der Waals surface area contributed by atoms with Crippen LogP contribution in [0.25, 0.3) is 5.70 Å². The van der Waals surface area contributed by atoms with Crippen LogP contribution < -0.4 is 10.6 Å². The summed E-state index contributed by atoms with van der Waals surface area (Å²) in [5, 5.41) is 16.1. The first kappa shape index (κ1) is 16.7. The molecule has 0 spiro atoms. The number of para-hydroxylation sites is 1. The summed E-state index contributed by atoms with van der Waals surface area (Å²) in [4.78, 5) is 13.7. The molecule has 4 nitrogen and oxygen atoms in total. The molecule has 130 valence electrons. The van der Waals surface area contributed by atoms with Gasteiger partial charge in [0, 0.05) is 28.3 Å². The van der Waals surface area contributed by atoms with Gasteiger partial charge in [-0.25, -0.2) is 0 Å². The summed E-state index contributed by atoms with van der Waals surface area (Å²) in [6, 6.07) is 15.6. The number of carbonyl (C=O) groups excluding carboxylic acids is 1. The Kier molecular flexibility index (Phi) is 4.01. The fourth-order valence-corrected chi connectivity index (χ4v) is 4.82. The molecule has 1 atom stereocenters. The number of aryl methyl sites for hydroxylation is 1. The molecule has 0 saturated heterocycles. The van der Waals surface area contributed by atoms with Crippen LogP contribution in [0.15, 0.2) is 47.4 Å². The van der Waals surface area contributed by atoms with Crippen LogP contribution in [0.2, 0.25) is 0 Å². The van der Waals surface area contributed by atoms with Crippen molar-refractivity contribution in [2.45, 2.75) is 25.1 Å². The van der Waals surface area contributed by atoms with Gasteiger partial charge in [0.2, 0.25) is 0 Å². The van der Waals surface area contributed by atoms with Crippen LogP contribution in [-0.2, 0) is 0 Å². The maximum atomic E-state index is 13.3. The van der Waals surface area contributed by atoms with E-state index < -0.39 is 4.87 Å². The molecule has 5 heteroatoms. The smallest absolute Gasteiger partial charge is 0.198 e. The summed E-state index contributed by atoms with van der Waals surface area (Å²) in [7, 11) is 0. The van der Waals surface area contributed by atoms with Crippen LogP contribution in [0.5, 0.6) is 0 Å². The van der Waals surface area contributed by atoms with Crippen LogP contribution in [-0.4, -0.2) is 17.2 Å². The summed E-state index contributed by atoms with van der Waals surface area (Å²) in [5.74, 6) is 0.0357. The van der Waals surface area contributed by atoms with Gasteiger partial charge in [-0.05, 0) is 50.1 Å². The highest BCUT2D eigenvalue weighted by Gasteiger charge is 2.43. The number of nitriles is 1. The summed E-state index contributed by atoms with van der Waals surface area (Å²) >= 11 is 1.61. The molecule has 2 aromatic rings. The molecule has 2 aliphatic rings. The van der Waals surface area contributed by atoms with E-state index in [0.29, 0.717) is 11.1 Å². The molecule has 4 rings (SSSR count). The largest absolute Gasteiger partial charge is 0.384 e. The van der Waals surface area contributed by atoms with Crippen molar-refractivity contribution < 1.29 is 4.79 Å². The summed E-state index contributed by atoms with van der Waals surface area (Å²) < 4.78 is 0. The average molecular weight is 361 g/mol. The zero-order valence-electron chi connectivity index (χ0n) is 14.7. The number of benzene rings is 2. The number of carbonyl (C=O) groups is 1. The Hall–Kier alpha value is -2.71. The second kappa shape index (κ2) is 6.22. The van der Waals surface area contributed by atoms with E-state index in [9.17, 15) is 4.79 Å². The molecule has 0 saturated carbocycles. The number of nitrogens with one attached hydrogen (secondary N) is 2. The summed E-state index contributed by atoms with van der Waals surface area (Å²) in [6.45, 7) is 4.66. The van der Waals surface area contributed by atoms with Crippen LogP contribution in [0.3, 0.4) is 0 Å². The molecule has 26 heavy (non-hydrogen) atoms. The lowest BCUT2D eigenvalue weighted by atomic mass is 9.99. The van der Waals surface area contributed by atoms with Crippen LogP contribution in [0.4, 0.5) is 5.69 Å². The van der Waals surface area contributed by atoms with Crippen LogP contribution >= 0.6 is 11.8 Å². The highest BCUT2D eigenvalue weighted by Crippen LogP contribution is 2.47. The van der Waals surface area contributed by atoms with Gasteiger partial charge in [-0.3, -0.25) is 4.79 Å². The van der Waals surface area contributed by atoms with Gasteiger partial charge < -0.3 is 10.6 Å². The third kappa shape index (κ3) is 2.67. The molecule has 0 radical (unpaired) electrons. The molecule has 0 amide bonds. The second-order valence-electron chi connectivity index (χ2n) is 6.75. The van der Waals surface area contributed by atoms with Gasteiger partial charge in [-0.15, -0.1) is 0 Å². The minimum absolute atomic E-state index is 0.0357. The van der Waals surface area contributed by atoms with E-state index in [2.05, 4.69) is 28.8 Å². The highest BCUT2D eigenvalue weighted by molar-refractivity contribution is 8.05. The fraction of sp³-hybridized carbons (Fsp3) is 0.238. The van der Waals surface area contributed by atoms with E-state index in [0.717, 1.165) is 35.5 Å². The fourth-order valence-electron chi connectivity index (χ4n) is 3.50. The first-order chi connectivity index (χ1) is 12.5. The van der Waals surface area contributed by atoms with Crippen molar-refractivity contribution in [3.05, 3.63) is 69.6 Å². The number of fused-ring (bicyclic) bond motifs is 2. The molecule has 1 unspecified atom stereocenters. The average Bonchev–Trinajstić information content (AvgIpc) is 2.90. The number of hydrogen-bond donors (Lipinski definition) is 2. The zero-order chi connectivity index (χ0) is 18.3. The van der Waals surface area contributed by atoms with Crippen molar-refractivity contribution in [2.75, 3.05) is 11.9 Å². The maximum absolute atomic E-state index is 13.3. The van der Waals surface area contributed by atoms with Crippen molar-refractivity contribution in [1.29, 1.82) is 5.26 Å². The Balaban J connectivity index is 1.68. The quantitative estimate of drug-likeness (QED) is 0.782. The minimum Gasteiger partial charge on any atom is -0.384 e. The lowest BCUT2D eigenvalue weighted by Gasteiger charge is -2.25. The molecule has 2 aliphatic heterocycles. The number of nitrogens with zero attached hydrogens (tertiary/aromatic N) is 1. The maximum Gasteiger partial charge on any atom is 0.198 e. The third-order valence-corrected chi connectivity index (χ3v) is 6.23. The predicted molar refractivity (Wildman–Crippen MR) is 106 cm³/mol. The number of Topliss-reactive ketones (excluding diaryl/α,β-unsaturated/α-hetero) is 1. The third-order valence-electron chi connectivity index (χ3n) is 4.88. The van der Waals surface area contributed by atoms with E-state index in [1.54, 1.807) is 23.9 Å². The Morgan fingerprint density at radius 1 is 1.27 bits per heavy atom. The van der Waals surface area contributed by atoms with Gasteiger partial charge in [0.1, 0.15) is 4.87 Å². The topological polar surface area (TPSA) is 64.9 Å². The van der Waals surface area contributed by atoms with Crippen molar-refractivity contribution in [3.8, 4) is 6.07 Å². The van der Waals surface area contributed by atoms with Gasteiger partial charge in [-0.2, -0.15) is 5.26 Å². The van der Waals surface area contributed by atoms with Crippen LogP contribution in [0, 0.1) is 18.3 Å². The molecule has 0 bridgehead atoms. The van der Waals surface area contributed by atoms with E-state index in [4.69, 9.17) is 5.26 Å². The van der Waals surface area contributed by atoms with Gasteiger partial charge in [0.05, 0.1) is 17.3 Å². The van der Waals surface area contributed by atoms with Gasteiger partial charge in [-0.1, -0.05) is 30.0 Å². The molecular weight excluding hydrogens is 342 g/mol. The van der Waals surface area contributed by atoms with E-state index in [1.807, 2.05) is 32.0 Å². The molecule has 2 N–H and O–H groups in total. The van der Waals surface area contributed by atoms with Crippen LogP contribution in [0.1, 0.15) is 40.4 Å². The molecule has 0 aliphatic carbocycles. The van der Waals surface area contributed by atoms with Crippen molar-refractivity contribution >= 4 is 28.9 Å². The lowest BCUT2D eigenvalue weighted by molar-refractivity contribution is 0.0943. The number of thioether (sulfide) groups is 1. The van der Waals surface area contributed by atoms with Gasteiger partial charge in [0.15, 0.2) is 5.78 Å². The Bertz CT molecular complexity index is 989. The van der Waals surface area contributed by atoms with E-state index >= 15 is 0 Å².